The summed E-state index contributed by atoms with van der Waals surface area (Å²) in [4.78, 5) is 16.8. The molecule has 0 aliphatic carbocycles. The third-order valence-corrected chi connectivity index (χ3v) is 7.11. The summed E-state index contributed by atoms with van der Waals surface area (Å²) in [5.74, 6) is -1.09. The fraction of sp³-hybridized carbons (Fsp3) is 0.222. The molecule has 0 bridgehead atoms. The van der Waals surface area contributed by atoms with E-state index in [0.717, 1.165) is 22.3 Å². The number of sulfone groups is 1. The van der Waals surface area contributed by atoms with Gasteiger partial charge in [0, 0.05) is 18.5 Å². The summed E-state index contributed by atoms with van der Waals surface area (Å²) in [5.41, 5.74) is 0.912. The zero-order chi connectivity index (χ0) is 19.6. The number of carbonyl (C=O) groups excluding carboxylic acids is 1. The Morgan fingerprint density at radius 2 is 1.93 bits per heavy atom. The minimum atomic E-state index is -3.56. The van der Waals surface area contributed by atoms with Crippen LogP contribution in [0.25, 0.3) is 10.2 Å². The molecule has 0 unspecified atom stereocenters. The van der Waals surface area contributed by atoms with Crippen molar-refractivity contribution < 1.29 is 17.6 Å². The van der Waals surface area contributed by atoms with Crippen LogP contribution in [-0.4, -0.2) is 24.6 Å². The average molecular weight is 427 g/mol. The highest BCUT2D eigenvalue weighted by Gasteiger charge is 2.15. The standard InChI is InChI=1S/C18H16ClFN2O3S2/c1-22-15-9-4-12(19)11-16(15)26-18(22)21-17(23)3-2-10-27(24,25)14-7-5-13(20)6-8-14/h4-9,11H,2-3,10H2,1H3. The molecule has 2 aromatic carbocycles. The lowest BCUT2D eigenvalue weighted by atomic mass is 10.3. The number of halogens is 2. The van der Waals surface area contributed by atoms with Gasteiger partial charge in [-0.15, -0.1) is 0 Å². The van der Waals surface area contributed by atoms with Crippen LogP contribution in [0.3, 0.4) is 0 Å². The minimum absolute atomic E-state index is 0.00935. The van der Waals surface area contributed by atoms with Gasteiger partial charge in [0.05, 0.1) is 20.9 Å². The molecule has 1 amide bonds. The number of hydrogen-bond donors (Lipinski definition) is 0. The first kappa shape index (κ1) is 19.7. The fourth-order valence-corrected chi connectivity index (χ4v) is 5.17. The molecule has 0 fully saturated rings. The Labute approximate surface area is 164 Å². The van der Waals surface area contributed by atoms with Gasteiger partial charge in [0.15, 0.2) is 14.6 Å². The van der Waals surface area contributed by atoms with E-state index in [9.17, 15) is 17.6 Å². The van der Waals surface area contributed by atoms with Gasteiger partial charge in [0.1, 0.15) is 5.82 Å². The summed E-state index contributed by atoms with van der Waals surface area (Å²) in [6.45, 7) is 0. The van der Waals surface area contributed by atoms with Crippen molar-refractivity contribution in [1.82, 2.24) is 4.57 Å². The first-order valence-electron chi connectivity index (χ1n) is 8.07. The van der Waals surface area contributed by atoms with Crippen molar-refractivity contribution in [3.8, 4) is 0 Å². The third-order valence-electron chi connectivity index (χ3n) is 3.97. The predicted molar refractivity (Wildman–Crippen MR) is 104 cm³/mol. The van der Waals surface area contributed by atoms with Gasteiger partial charge in [-0.1, -0.05) is 22.9 Å². The SMILES string of the molecule is Cn1c(=NC(=O)CCCS(=O)(=O)c2ccc(F)cc2)sc2cc(Cl)ccc21. The van der Waals surface area contributed by atoms with E-state index in [4.69, 9.17) is 11.6 Å². The van der Waals surface area contributed by atoms with Crippen molar-refractivity contribution in [2.24, 2.45) is 12.0 Å². The summed E-state index contributed by atoms with van der Waals surface area (Å²) in [7, 11) is -1.75. The van der Waals surface area contributed by atoms with E-state index < -0.39 is 21.6 Å². The van der Waals surface area contributed by atoms with Crippen LogP contribution in [0.2, 0.25) is 5.02 Å². The number of aryl methyl sites for hydroxylation is 1. The molecule has 0 atom stereocenters. The van der Waals surface area contributed by atoms with Crippen molar-refractivity contribution in [2.45, 2.75) is 17.7 Å². The highest BCUT2D eigenvalue weighted by molar-refractivity contribution is 7.91. The second-order valence-corrected chi connectivity index (χ2v) is 9.49. The molecule has 9 heteroatoms. The van der Waals surface area contributed by atoms with Gasteiger partial charge in [-0.05, 0) is 48.9 Å². The third kappa shape index (κ3) is 4.63. The molecular weight excluding hydrogens is 411 g/mol. The van der Waals surface area contributed by atoms with Crippen molar-refractivity contribution in [1.29, 1.82) is 0 Å². The van der Waals surface area contributed by atoms with Crippen LogP contribution in [0.4, 0.5) is 4.39 Å². The van der Waals surface area contributed by atoms with Gasteiger partial charge < -0.3 is 4.57 Å². The van der Waals surface area contributed by atoms with Crippen LogP contribution in [0, 0.1) is 5.82 Å². The van der Waals surface area contributed by atoms with Crippen LogP contribution >= 0.6 is 22.9 Å². The lowest BCUT2D eigenvalue weighted by Crippen LogP contribution is -2.14. The number of aromatic nitrogens is 1. The number of nitrogens with zero attached hydrogens (tertiary/aromatic N) is 2. The van der Waals surface area contributed by atoms with Gasteiger partial charge >= 0.3 is 0 Å². The smallest absolute Gasteiger partial charge is 0.248 e. The van der Waals surface area contributed by atoms with Gasteiger partial charge in [0.2, 0.25) is 5.91 Å². The summed E-state index contributed by atoms with van der Waals surface area (Å²) in [6.07, 6.45) is 0.151. The minimum Gasteiger partial charge on any atom is -0.319 e. The quantitative estimate of drug-likeness (QED) is 0.584. The maximum atomic E-state index is 12.9. The van der Waals surface area contributed by atoms with E-state index in [1.54, 1.807) is 23.7 Å². The monoisotopic (exact) mass is 426 g/mol. The summed E-state index contributed by atoms with van der Waals surface area (Å²) < 4.78 is 40.0. The second-order valence-electron chi connectivity index (χ2n) is 5.94. The number of thiazole rings is 1. The second kappa shape index (κ2) is 7.92. The van der Waals surface area contributed by atoms with Crippen LogP contribution in [0.5, 0.6) is 0 Å². The number of amides is 1. The number of hydrogen-bond acceptors (Lipinski definition) is 4. The maximum absolute atomic E-state index is 12.9. The molecule has 3 rings (SSSR count). The molecule has 0 radical (unpaired) electrons. The Bertz CT molecular complexity index is 1170. The molecule has 1 aromatic heterocycles. The van der Waals surface area contributed by atoms with E-state index in [2.05, 4.69) is 4.99 Å². The average Bonchev–Trinajstić information content (AvgIpc) is 2.90. The number of rotatable bonds is 5. The van der Waals surface area contributed by atoms with Crippen LogP contribution in [0.15, 0.2) is 52.4 Å². The van der Waals surface area contributed by atoms with Crippen molar-refractivity contribution >= 4 is 48.9 Å². The summed E-state index contributed by atoms with van der Waals surface area (Å²) >= 11 is 7.32. The van der Waals surface area contributed by atoms with Gasteiger partial charge in [-0.2, -0.15) is 4.99 Å². The highest BCUT2D eigenvalue weighted by atomic mass is 35.5. The molecule has 0 N–H and O–H groups in total. The first-order chi connectivity index (χ1) is 12.8. The number of benzene rings is 2. The Kier molecular flexibility index (Phi) is 5.78. The molecule has 0 aliphatic rings. The Balaban J connectivity index is 1.69. The zero-order valence-corrected chi connectivity index (χ0v) is 16.7. The van der Waals surface area contributed by atoms with Crippen LogP contribution in [0.1, 0.15) is 12.8 Å². The van der Waals surface area contributed by atoms with Crippen molar-refractivity contribution in [3.63, 3.8) is 0 Å². The largest absolute Gasteiger partial charge is 0.319 e. The van der Waals surface area contributed by atoms with E-state index in [1.807, 2.05) is 6.07 Å². The van der Waals surface area contributed by atoms with Crippen LogP contribution in [-0.2, 0) is 21.7 Å². The van der Waals surface area contributed by atoms with E-state index in [-0.39, 0.29) is 23.5 Å². The number of fused-ring (bicyclic) bond motifs is 1. The molecule has 0 saturated heterocycles. The van der Waals surface area contributed by atoms with E-state index >= 15 is 0 Å². The van der Waals surface area contributed by atoms with Crippen molar-refractivity contribution in [2.75, 3.05) is 5.75 Å². The molecular formula is C18H16ClFN2O3S2. The lowest BCUT2D eigenvalue weighted by Gasteiger charge is -2.03. The van der Waals surface area contributed by atoms with Gasteiger partial charge in [-0.25, -0.2) is 12.8 Å². The zero-order valence-electron chi connectivity index (χ0n) is 14.4. The first-order valence-corrected chi connectivity index (χ1v) is 10.9. The molecule has 142 valence electrons. The van der Waals surface area contributed by atoms with Gasteiger partial charge in [0.25, 0.3) is 0 Å². The molecule has 0 aliphatic heterocycles. The molecule has 3 aromatic rings. The molecule has 27 heavy (non-hydrogen) atoms. The normalized spacial score (nSPS) is 12.6. The molecule has 0 spiro atoms. The predicted octanol–water partition coefficient (Wildman–Crippen LogP) is 3.71. The summed E-state index contributed by atoms with van der Waals surface area (Å²) in [5, 5.41) is 0.605. The molecule has 1 heterocycles. The lowest BCUT2D eigenvalue weighted by molar-refractivity contribution is -0.118. The Morgan fingerprint density at radius 3 is 2.63 bits per heavy atom. The molecule has 0 saturated carbocycles. The molecule has 5 nitrogen and oxygen atoms in total. The summed E-state index contributed by atoms with van der Waals surface area (Å²) in [6, 6.07) is 10.1. The van der Waals surface area contributed by atoms with E-state index in [0.29, 0.717) is 9.82 Å². The van der Waals surface area contributed by atoms with E-state index in [1.165, 1.54) is 23.5 Å². The van der Waals surface area contributed by atoms with Crippen LogP contribution < -0.4 is 4.80 Å². The topological polar surface area (TPSA) is 68.5 Å². The Hall–Kier alpha value is -2.03. The highest BCUT2D eigenvalue weighted by Crippen LogP contribution is 2.21. The number of carbonyl (C=O) groups is 1. The fourth-order valence-electron chi connectivity index (χ4n) is 2.55. The van der Waals surface area contributed by atoms with Gasteiger partial charge in [-0.3, -0.25) is 4.79 Å². The van der Waals surface area contributed by atoms with Crippen molar-refractivity contribution in [3.05, 3.63) is 58.1 Å². The Morgan fingerprint density at radius 1 is 1.22 bits per heavy atom. The maximum Gasteiger partial charge on any atom is 0.248 e.